The first-order valence-electron chi connectivity index (χ1n) is 8.19. The molecule has 2 aromatic rings. The van der Waals surface area contributed by atoms with Crippen molar-refractivity contribution in [2.75, 3.05) is 17.7 Å². The number of fused-ring (bicyclic) bond motifs is 1. The van der Waals surface area contributed by atoms with Crippen molar-refractivity contribution in [1.82, 2.24) is 4.72 Å². The van der Waals surface area contributed by atoms with E-state index in [0.29, 0.717) is 17.0 Å². The molecule has 1 aliphatic heterocycles. The third-order valence-corrected chi connectivity index (χ3v) is 5.65. The lowest BCUT2D eigenvalue weighted by Gasteiger charge is -2.18. The van der Waals surface area contributed by atoms with E-state index in [-0.39, 0.29) is 17.0 Å². The molecule has 1 aliphatic rings. The SMILES string of the molecule is COc1ccccc1[C@@H](C)NS(=O)(=O)c1ccc2c(c1)NC(=O)CC(=O)N2. The molecule has 1 atom stereocenters. The van der Waals surface area contributed by atoms with Crippen molar-refractivity contribution in [3.05, 3.63) is 48.0 Å². The molecule has 1 heterocycles. The Hall–Kier alpha value is -2.91. The number of nitrogens with one attached hydrogen (secondary N) is 3. The Balaban J connectivity index is 1.89. The highest BCUT2D eigenvalue weighted by molar-refractivity contribution is 7.89. The topological polar surface area (TPSA) is 114 Å². The minimum atomic E-state index is -3.88. The number of benzene rings is 2. The molecule has 0 aliphatic carbocycles. The number of para-hydroxylation sites is 1. The van der Waals surface area contributed by atoms with Crippen molar-refractivity contribution < 1.29 is 22.7 Å². The van der Waals surface area contributed by atoms with Gasteiger partial charge in [0.05, 0.1) is 23.4 Å². The van der Waals surface area contributed by atoms with Gasteiger partial charge in [-0.05, 0) is 31.2 Å². The summed E-state index contributed by atoms with van der Waals surface area (Å²) in [5, 5.41) is 5.09. The van der Waals surface area contributed by atoms with Gasteiger partial charge < -0.3 is 15.4 Å². The molecule has 3 rings (SSSR count). The Kier molecular flexibility index (Phi) is 5.15. The lowest BCUT2D eigenvalue weighted by Crippen LogP contribution is -2.27. The van der Waals surface area contributed by atoms with Gasteiger partial charge in [-0.25, -0.2) is 13.1 Å². The van der Waals surface area contributed by atoms with Crippen LogP contribution in [0.4, 0.5) is 11.4 Å². The van der Waals surface area contributed by atoms with Crippen molar-refractivity contribution in [2.45, 2.75) is 24.3 Å². The molecule has 142 valence electrons. The fraction of sp³-hybridized carbons (Fsp3) is 0.222. The zero-order valence-corrected chi connectivity index (χ0v) is 15.6. The lowest BCUT2D eigenvalue weighted by molar-refractivity contribution is -0.123. The first-order valence-corrected chi connectivity index (χ1v) is 9.67. The quantitative estimate of drug-likeness (QED) is 0.677. The van der Waals surface area contributed by atoms with E-state index in [1.807, 2.05) is 0 Å². The summed E-state index contributed by atoms with van der Waals surface area (Å²) < 4.78 is 33.4. The van der Waals surface area contributed by atoms with Gasteiger partial charge in [-0.15, -0.1) is 0 Å². The zero-order valence-electron chi connectivity index (χ0n) is 14.8. The van der Waals surface area contributed by atoms with Crippen LogP contribution in [0.2, 0.25) is 0 Å². The lowest BCUT2D eigenvalue weighted by atomic mass is 10.1. The highest BCUT2D eigenvalue weighted by atomic mass is 32.2. The maximum atomic E-state index is 12.8. The molecular weight excluding hydrogens is 370 g/mol. The number of amides is 2. The van der Waals surface area contributed by atoms with Crippen LogP contribution >= 0.6 is 0 Å². The summed E-state index contributed by atoms with van der Waals surface area (Å²) in [5.74, 6) is -0.384. The molecular formula is C18H19N3O5S. The second-order valence-electron chi connectivity index (χ2n) is 6.07. The number of ether oxygens (including phenoxy) is 1. The van der Waals surface area contributed by atoms with Gasteiger partial charge in [0.25, 0.3) is 0 Å². The van der Waals surface area contributed by atoms with E-state index in [0.717, 1.165) is 0 Å². The Labute approximate surface area is 157 Å². The summed E-state index contributed by atoms with van der Waals surface area (Å²) in [6, 6.07) is 10.7. The van der Waals surface area contributed by atoms with Crippen molar-refractivity contribution in [2.24, 2.45) is 0 Å². The molecule has 0 unspecified atom stereocenters. The molecule has 0 bridgehead atoms. The summed E-state index contributed by atoms with van der Waals surface area (Å²) in [5.41, 5.74) is 1.28. The van der Waals surface area contributed by atoms with Crippen LogP contribution in [-0.2, 0) is 19.6 Å². The number of carbonyl (C=O) groups is 2. The van der Waals surface area contributed by atoms with Crippen LogP contribution in [0.15, 0.2) is 47.4 Å². The van der Waals surface area contributed by atoms with Crippen LogP contribution in [0.5, 0.6) is 5.75 Å². The number of methoxy groups -OCH3 is 1. The average Bonchev–Trinajstić information content (AvgIpc) is 2.76. The molecule has 0 spiro atoms. The van der Waals surface area contributed by atoms with Crippen LogP contribution in [0, 0.1) is 0 Å². The summed E-state index contributed by atoms with van der Waals surface area (Å²) in [7, 11) is -2.36. The zero-order chi connectivity index (χ0) is 19.6. The maximum absolute atomic E-state index is 12.8. The summed E-state index contributed by atoms with van der Waals surface area (Å²) in [6.07, 6.45) is -0.320. The van der Waals surface area contributed by atoms with Crippen LogP contribution < -0.4 is 20.1 Å². The first kappa shape index (κ1) is 18.9. The molecule has 0 fully saturated rings. The van der Waals surface area contributed by atoms with E-state index in [1.54, 1.807) is 31.2 Å². The summed E-state index contributed by atoms with van der Waals surface area (Å²) in [6.45, 7) is 1.71. The van der Waals surface area contributed by atoms with E-state index in [9.17, 15) is 18.0 Å². The van der Waals surface area contributed by atoms with Gasteiger partial charge in [0.2, 0.25) is 21.8 Å². The van der Waals surface area contributed by atoms with Crippen LogP contribution in [0.3, 0.4) is 0 Å². The molecule has 27 heavy (non-hydrogen) atoms. The number of carbonyl (C=O) groups excluding carboxylic acids is 2. The van der Waals surface area contributed by atoms with Gasteiger partial charge in [-0.1, -0.05) is 18.2 Å². The number of hydrogen-bond donors (Lipinski definition) is 3. The number of rotatable bonds is 5. The van der Waals surface area contributed by atoms with Crippen LogP contribution in [0.25, 0.3) is 0 Å². The fourth-order valence-corrected chi connectivity index (χ4v) is 4.07. The van der Waals surface area contributed by atoms with Crippen molar-refractivity contribution in [1.29, 1.82) is 0 Å². The second kappa shape index (κ2) is 7.37. The largest absolute Gasteiger partial charge is 0.496 e. The highest BCUT2D eigenvalue weighted by Gasteiger charge is 2.24. The third-order valence-electron chi connectivity index (χ3n) is 4.11. The van der Waals surface area contributed by atoms with Gasteiger partial charge in [-0.2, -0.15) is 0 Å². The second-order valence-corrected chi connectivity index (χ2v) is 7.78. The monoisotopic (exact) mass is 389 g/mol. The van der Waals surface area contributed by atoms with E-state index < -0.39 is 27.9 Å². The number of sulfonamides is 1. The van der Waals surface area contributed by atoms with Crippen LogP contribution in [-0.4, -0.2) is 27.3 Å². The van der Waals surface area contributed by atoms with E-state index in [1.165, 1.54) is 25.3 Å². The summed E-state index contributed by atoms with van der Waals surface area (Å²) >= 11 is 0. The predicted octanol–water partition coefficient (Wildman–Crippen LogP) is 2.02. The van der Waals surface area contributed by atoms with Gasteiger partial charge in [0, 0.05) is 11.6 Å². The van der Waals surface area contributed by atoms with Crippen molar-refractivity contribution >= 4 is 33.2 Å². The fourth-order valence-electron chi connectivity index (χ4n) is 2.83. The highest BCUT2D eigenvalue weighted by Crippen LogP contribution is 2.30. The van der Waals surface area contributed by atoms with E-state index in [2.05, 4.69) is 15.4 Å². The molecule has 0 saturated heterocycles. The molecule has 9 heteroatoms. The molecule has 0 aromatic heterocycles. The molecule has 8 nitrogen and oxygen atoms in total. The molecule has 0 saturated carbocycles. The predicted molar refractivity (Wildman–Crippen MR) is 100 cm³/mol. The van der Waals surface area contributed by atoms with Gasteiger partial charge in [-0.3, -0.25) is 9.59 Å². The standard InChI is InChI=1S/C18H19N3O5S/c1-11(13-5-3-4-6-16(13)26-2)21-27(24,25)12-7-8-14-15(9-12)20-18(23)10-17(22)19-14/h3-9,11,21H,10H2,1-2H3,(H,19,22)(H,20,23)/t11-/m1/s1. The van der Waals surface area contributed by atoms with Gasteiger partial charge in [0.1, 0.15) is 12.2 Å². The first-order chi connectivity index (χ1) is 12.8. The Morgan fingerprint density at radius 2 is 1.70 bits per heavy atom. The van der Waals surface area contributed by atoms with Crippen molar-refractivity contribution in [3.8, 4) is 5.75 Å². The maximum Gasteiger partial charge on any atom is 0.241 e. The molecule has 2 amide bonds. The molecule has 3 N–H and O–H groups in total. The van der Waals surface area contributed by atoms with Gasteiger partial charge in [0.15, 0.2) is 0 Å². The minimum absolute atomic E-state index is 0.0283. The van der Waals surface area contributed by atoms with Crippen LogP contribution in [0.1, 0.15) is 24.9 Å². The average molecular weight is 389 g/mol. The minimum Gasteiger partial charge on any atom is -0.496 e. The van der Waals surface area contributed by atoms with E-state index in [4.69, 9.17) is 4.74 Å². The molecule has 2 aromatic carbocycles. The Morgan fingerprint density at radius 3 is 2.41 bits per heavy atom. The van der Waals surface area contributed by atoms with Gasteiger partial charge >= 0.3 is 0 Å². The number of anilines is 2. The van der Waals surface area contributed by atoms with E-state index >= 15 is 0 Å². The Bertz CT molecular complexity index is 1000. The Morgan fingerprint density at radius 1 is 1.04 bits per heavy atom. The number of hydrogen-bond acceptors (Lipinski definition) is 5. The third kappa shape index (κ3) is 4.09. The normalized spacial score (nSPS) is 15.2. The smallest absolute Gasteiger partial charge is 0.241 e. The van der Waals surface area contributed by atoms with Crippen molar-refractivity contribution in [3.63, 3.8) is 0 Å². The summed E-state index contributed by atoms with van der Waals surface area (Å²) in [4.78, 5) is 23.3. The molecule has 0 radical (unpaired) electrons.